The van der Waals surface area contributed by atoms with Gasteiger partial charge in [0.05, 0.1) is 6.42 Å². The Morgan fingerprint density at radius 2 is 1.82 bits per heavy atom. The molecule has 3 rings (SSSR count). The van der Waals surface area contributed by atoms with Crippen LogP contribution in [-0.4, -0.2) is 23.6 Å². The van der Waals surface area contributed by atoms with Crippen LogP contribution >= 0.6 is 15.9 Å². The largest absolute Gasteiger partial charge is 0.491 e. The predicted molar refractivity (Wildman–Crippen MR) is 86.1 cm³/mol. The number of hydrogen-bond acceptors (Lipinski definition) is 3. The van der Waals surface area contributed by atoms with Gasteiger partial charge in [0.15, 0.2) is 0 Å². The van der Waals surface area contributed by atoms with Crippen molar-refractivity contribution < 1.29 is 14.4 Å². The van der Waals surface area contributed by atoms with Gasteiger partial charge in [-0.05, 0) is 29.8 Å². The van der Waals surface area contributed by atoms with Gasteiger partial charge in [0.2, 0.25) is 5.91 Å². The summed E-state index contributed by atoms with van der Waals surface area (Å²) < 4.78 is 6.71. The van der Waals surface area contributed by atoms with Gasteiger partial charge in [-0.15, -0.1) is 0 Å². The molecule has 1 atom stereocenters. The Bertz CT molecular complexity index is 630. The van der Waals surface area contributed by atoms with Crippen LogP contribution in [0.4, 0.5) is 0 Å². The van der Waals surface area contributed by atoms with Gasteiger partial charge < -0.3 is 4.74 Å². The first-order chi connectivity index (χ1) is 10.7. The van der Waals surface area contributed by atoms with E-state index in [1.165, 1.54) is 5.06 Å². The fourth-order valence-electron chi connectivity index (χ4n) is 2.21. The molecule has 0 aliphatic carbocycles. The zero-order valence-electron chi connectivity index (χ0n) is 11.9. The fraction of sp³-hybridized carbons (Fsp3) is 0.235. The average molecular weight is 362 g/mol. The molecular weight excluding hydrogens is 346 g/mol. The summed E-state index contributed by atoms with van der Waals surface area (Å²) in [6, 6.07) is 17.4. The van der Waals surface area contributed by atoms with E-state index in [1.54, 1.807) is 0 Å². The summed E-state index contributed by atoms with van der Waals surface area (Å²) in [6.07, 6.45) is 0.464. The highest BCUT2D eigenvalue weighted by molar-refractivity contribution is 9.10. The number of hydrogen-bond donors (Lipinski definition) is 0. The molecule has 0 radical (unpaired) electrons. The van der Waals surface area contributed by atoms with E-state index in [-0.39, 0.29) is 11.9 Å². The topological polar surface area (TPSA) is 38.8 Å². The highest BCUT2D eigenvalue weighted by Gasteiger charge is 2.38. The molecule has 1 amide bonds. The average Bonchev–Trinajstić information content (AvgIpc) is 2.54. The maximum absolute atomic E-state index is 11.7. The maximum atomic E-state index is 11.7. The minimum absolute atomic E-state index is 0.000312. The number of amides is 1. The second-order valence-electron chi connectivity index (χ2n) is 5.10. The van der Waals surface area contributed by atoms with E-state index in [1.807, 2.05) is 54.6 Å². The summed E-state index contributed by atoms with van der Waals surface area (Å²) in [5, 5.41) is 1.42. The van der Waals surface area contributed by atoms with Crippen LogP contribution in [0.3, 0.4) is 0 Å². The lowest BCUT2D eigenvalue weighted by atomic mass is 10.1. The van der Waals surface area contributed by atoms with E-state index in [0.717, 1.165) is 15.8 Å². The first kappa shape index (κ1) is 15.1. The number of rotatable bonds is 6. The third kappa shape index (κ3) is 3.67. The van der Waals surface area contributed by atoms with Crippen molar-refractivity contribution in [1.82, 2.24) is 5.06 Å². The van der Waals surface area contributed by atoms with Gasteiger partial charge in [0.25, 0.3) is 0 Å². The molecular formula is C17H16BrNO3. The molecule has 1 aliphatic heterocycles. The summed E-state index contributed by atoms with van der Waals surface area (Å²) in [4.78, 5) is 17.3. The lowest BCUT2D eigenvalue weighted by Gasteiger charge is -2.38. The van der Waals surface area contributed by atoms with Crippen molar-refractivity contribution in [2.75, 3.05) is 6.61 Å². The molecule has 1 saturated heterocycles. The summed E-state index contributed by atoms with van der Waals surface area (Å²) >= 11 is 3.38. The van der Waals surface area contributed by atoms with Crippen LogP contribution in [0.2, 0.25) is 0 Å². The highest BCUT2D eigenvalue weighted by atomic mass is 79.9. The van der Waals surface area contributed by atoms with Crippen molar-refractivity contribution in [3.8, 4) is 5.75 Å². The quantitative estimate of drug-likeness (QED) is 0.738. The van der Waals surface area contributed by atoms with E-state index in [9.17, 15) is 4.79 Å². The van der Waals surface area contributed by atoms with E-state index in [2.05, 4.69) is 15.9 Å². The molecule has 0 N–H and O–H groups in total. The first-order valence-corrected chi connectivity index (χ1v) is 7.89. The second-order valence-corrected chi connectivity index (χ2v) is 6.02. The van der Waals surface area contributed by atoms with Gasteiger partial charge in [0, 0.05) is 4.47 Å². The monoisotopic (exact) mass is 361 g/mol. The molecule has 1 heterocycles. The van der Waals surface area contributed by atoms with Crippen molar-refractivity contribution in [1.29, 1.82) is 0 Å². The summed E-state index contributed by atoms with van der Waals surface area (Å²) in [6.45, 7) is 0.823. The van der Waals surface area contributed by atoms with Crippen LogP contribution in [0.15, 0.2) is 59.1 Å². The van der Waals surface area contributed by atoms with Gasteiger partial charge in [-0.3, -0.25) is 9.63 Å². The number of halogens is 1. The Hall–Kier alpha value is -1.85. The number of nitrogens with zero attached hydrogens (tertiary/aromatic N) is 1. The molecule has 1 aliphatic rings. The van der Waals surface area contributed by atoms with Crippen LogP contribution in [-0.2, 0) is 16.2 Å². The summed E-state index contributed by atoms with van der Waals surface area (Å²) in [7, 11) is 0. The predicted octanol–water partition coefficient (Wildman–Crippen LogP) is 3.56. The Morgan fingerprint density at radius 1 is 1.09 bits per heavy atom. The van der Waals surface area contributed by atoms with E-state index < -0.39 is 0 Å². The van der Waals surface area contributed by atoms with Gasteiger partial charge in [-0.2, -0.15) is 0 Å². The van der Waals surface area contributed by atoms with Crippen LogP contribution in [0, 0.1) is 0 Å². The minimum Gasteiger partial charge on any atom is -0.491 e. The zero-order valence-corrected chi connectivity index (χ0v) is 13.5. The number of carbonyl (C=O) groups is 1. The van der Waals surface area contributed by atoms with Crippen molar-refractivity contribution in [3.63, 3.8) is 0 Å². The molecule has 2 aromatic carbocycles. The Kier molecular flexibility index (Phi) is 4.75. The normalized spacial score (nSPS) is 17.2. The first-order valence-electron chi connectivity index (χ1n) is 7.09. The molecule has 0 saturated carbocycles. The van der Waals surface area contributed by atoms with E-state index >= 15 is 0 Å². The molecule has 0 bridgehead atoms. The molecule has 1 fully saturated rings. The van der Waals surface area contributed by atoms with Gasteiger partial charge in [-0.1, -0.05) is 46.3 Å². The van der Waals surface area contributed by atoms with Crippen LogP contribution in [0.1, 0.15) is 12.0 Å². The third-order valence-electron chi connectivity index (χ3n) is 3.46. The number of carbonyl (C=O) groups excluding carboxylic acids is 1. The lowest BCUT2D eigenvalue weighted by molar-refractivity contribution is -0.236. The molecule has 2 aromatic rings. The molecule has 1 unspecified atom stereocenters. The van der Waals surface area contributed by atoms with Crippen LogP contribution < -0.4 is 4.74 Å². The molecule has 0 spiro atoms. The highest BCUT2D eigenvalue weighted by Crippen LogP contribution is 2.23. The number of hydroxylamine groups is 2. The summed E-state index contributed by atoms with van der Waals surface area (Å²) in [5.74, 6) is 0.783. The van der Waals surface area contributed by atoms with Gasteiger partial charge >= 0.3 is 0 Å². The van der Waals surface area contributed by atoms with Crippen molar-refractivity contribution in [3.05, 3.63) is 64.6 Å². The smallest absolute Gasteiger partial charge is 0.248 e. The number of β-lactam (4-membered cyclic amide) rings is 1. The SMILES string of the molecule is O=C1CC(COc2ccc(Br)cc2)N1OCc1ccccc1. The molecule has 22 heavy (non-hydrogen) atoms. The standard InChI is InChI=1S/C17H16BrNO3/c18-14-6-8-16(9-7-14)21-12-15-10-17(20)19(15)22-11-13-4-2-1-3-5-13/h1-9,15H,10-12H2. The second kappa shape index (κ2) is 6.94. The van der Waals surface area contributed by atoms with Crippen molar-refractivity contribution in [2.45, 2.75) is 19.1 Å². The maximum Gasteiger partial charge on any atom is 0.248 e. The molecule has 5 heteroatoms. The van der Waals surface area contributed by atoms with Gasteiger partial charge in [0.1, 0.15) is 25.0 Å². The van der Waals surface area contributed by atoms with Gasteiger partial charge in [-0.25, -0.2) is 5.06 Å². The Labute approximate surface area is 137 Å². The van der Waals surface area contributed by atoms with E-state index in [0.29, 0.717) is 19.6 Å². The molecule has 114 valence electrons. The van der Waals surface area contributed by atoms with Crippen molar-refractivity contribution >= 4 is 21.8 Å². The zero-order chi connectivity index (χ0) is 15.4. The summed E-state index contributed by atoms with van der Waals surface area (Å²) in [5.41, 5.74) is 1.04. The number of benzene rings is 2. The Balaban J connectivity index is 1.49. The molecule has 0 aromatic heterocycles. The Morgan fingerprint density at radius 3 is 2.50 bits per heavy atom. The fourth-order valence-corrected chi connectivity index (χ4v) is 2.48. The lowest BCUT2D eigenvalue weighted by Crippen LogP contribution is -2.54. The third-order valence-corrected chi connectivity index (χ3v) is 3.99. The number of ether oxygens (including phenoxy) is 1. The van der Waals surface area contributed by atoms with Crippen LogP contribution in [0.25, 0.3) is 0 Å². The molecule has 4 nitrogen and oxygen atoms in total. The minimum atomic E-state index is -0.0279. The van der Waals surface area contributed by atoms with Crippen molar-refractivity contribution in [2.24, 2.45) is 0 Å². The van der Waals surface area contributed by atoms with Crippen LogP contribution in [0.5, 0.6) is 5.75 Å². The van der Waals surface area contributed by atoms with E-state index in [4.69, 9.17) is 9.57 Å².